The van der Waals surface area contributed by atoms with Gasteiger partial charge in [0.2, 0.25) is 5.95 Å². The van der Waals surface area contributed by atoms with E-state index in [-0.39, 0.29) is 5.91 Å². The minimum atomic E-state index is -0.126. The Bertz CT molecular complexity index is 663. The highest BCUT2D eigenvalue weighted by Crippen LogP contribution is 2.38. The Morgan fingerprint density at radius 2 is 2.00 bits per heavy atom. The Balaban J connectivity index is 1.91. The number of aromatic nitrogens is 4. The minimum absolute atomic E-state index is 0.126. The van der Waals surface area contributed by atoms with Crippen molar-refractivity contribution < 1.29 is 4.79 Å². The highest BCUT2D eigenvalue weighted by molar-refractivity contribution is 9.10. The molecule has 0 bridgehead atoms. The first kappa shape index (κ1) is 14.2. The number of hydrogen-bond acceptors (Lipinski definition) is 4. The number of nitrogens with zero attached hydrogens (tertiary/aromatic N) is 5. The molecule has 3 rings (SSSR count). The molecule has 1 amide bonds. The minimum Gasteiger partial charge on any atom is -0.278 e. The molecule has 1 saturated carbocycles. The molecule has 1 aliphatic rings. The maximum Gasteiger partial charge on any atom is 0.278 e. The summed E-state index contributed by atoms with van der Waals surface area (Å²) in [6.45, 7) is 0. The Morgan fingerprint density at radius 3 is 2.57 bits per heavy atom. The van der Waals surface area contributed by atoms with E-state index in [0.717, 1.165) is 22.9 Å². The Morgan fingerprint density at radius 1 is 1.33 bits per heavy atom. The van der Waals surface area contributed by atoms with Gasteiger partial charge in [0.25, 0.3) is 5.91 Å². The smallest absolute Gasteiger partial charge is 0.278 e. The molecule has 0 unspecified atom stereocenters. The zero-order valence-electron chi connectivity index (χ0n) is 12.0. The molecule has 6 nitrogen and oxygen atoms in total. The highest BCUT2D eigenvalue weighted by atomic mass is 79.9. The monoisotopic (exact) mass is 349 g/mol. The molecule has 21 heavy (non-hydrogen) atoms. The molecule has 0 aliphatic heterocycles. The maximum atomic E-state index is 12.8. The number of hydrogen-bond donors (Lipinski definition) is 0. The zero-order valence-corrected chi connectivity index (χ0v) is 13.5. The van der Waals surface area contributed by atoms with Crippen LogP contribution in [0, 0.1) is 0 Å². The molecule has 0 spiro atoms. The van der Waals surface area contributed by atoms with Crippen LogP contribution in [0.2, 0.25) is 0 Å². The normalized spacial score (nSPS) is 14.8. The fraction of sp³-hybridized carbons (Fsp3) is 0.429. The second kappa shape index (κ2) is 5.55. The Hall–Kier alpha value is -1.76. The van der Waals surface area contributed by atoms with Crippen LogP contribution in [0.1, 0.15) is 41.2 Å². The van der Waals surface area contributed by atoms with Crippen LogP contribution in [-0.4, -0.2) is 32.7 Å². The van der Waals surface area contributed by atoms with Crippen molar-refractivity contribution in [2.45, 2.75) is 25.2 Å². The summed E-state index contributed by atoms with van der Waals surface area (Å²) in [4.78, 5) is 22.5. The third-order valence-electron chi connectivity index (χ3n) is 3.93. The van der Waals surface area contributed by atoms with Gasteiger partial charge < -0.3 is 0 Å². The van der Waals surface area contributed by atoms with Gasteiger partial charge in [-0.15, -0.1) is 0 Å². The van der Waals surface area contributed by atoms with E-state index < -0.39 is 0 Å². The van der Waals surface area contributed by atoms with Crippen LogP contribution < -0.4 is 4.90 Å². The van der Waals surface area contributed by atoms with Crippen molar-refractivity contribution in [3.8, 4) is 0 Å². The lowest BCUT2D eigenvalue weighted by molar-refractivity contribution is 0.0980. The van der Waals surface area contributed by atoms with Gasteiger partial charge in [-0.2, -0.15) is 5.10 Å². The predicted molar refractivity (Wildman–Crippen MR) is 82.3 cm³/mol. The number of aryl methyl sites for hydroxylation is 1. The van der Waals surface area contributed by atoms with Gasteiger partial charge in [-0.3, -0.25) is 14.4 Å². The first-order valence-corrected chi connectivity index (χ1v) is 7.64. The van der Waals surface area contributed by atoms with Gasteiger partial charge in [0.1, 0.15) is 5.69 Å². The van der Waals surface area contributed by atoms with E-state index in [1.807, 2.05) is 6.20 Å². The average Bonchev–Trinajstić information content (AvgIpc) is 2.78. The van der Waals surface area contributed by atoms with E-state index in [2.05, 4.69) is 31.0 Å². The maximum absolute atomic E-state index is 12.8. The lowest BCUT2D eigenvalue weighted by atomic mass is 9.80. The number of rotatable bonds is 3. The molecule has 0 N–H and O–H groups in total. The third kappa shape index (κ3) is 2.57. The Kier molecular flexibility index (Phi) is 3.75. The van der Waals surface area contributed by atoms with Gasteiger partial charge in [-0.25, -0.2) is 9.97 Å². The summed E-state index contributed by atoms with van der Waals surface area (Å²) in [6, 6.07) is 0. The topological polar surface area (TPSA) is 63.9 Å². The molecule has 0 saturated heterocycles. The molecule has 2 aromatic rings. The molecule has 110 valence electrons. The largest absolute Gasteiger partial charge is 0.278 e. The number of halogens is 1. The lowest BCUT2D eigenvalue weighted by Crippen LogP contribution is -2.31. The zero-order chi connectivity index (χ0) is 15.0. The molecule has 1 fully saturated rings. The van der Waals surface area contributed by atoms with Crippen LogP contribution in [0.25, 0.3) is 0 Å². The summed E-state index contributed by atoms with van der Waals surface area (Å²) >= 11 is 3.29. The van der Waals surface area contributed by atoms with Gasteiger partial charge >= 0.3 is 0 Å². The molecule has 2 heterocycles. The summed E-state index contributed by atoms with van der Waals surface area (Å²) in [5.74, 6) is 0.708. The summed E-state index contributed by atoms with van der Waals surface area (Å²) in [6.07, 6.45) is 8.55. The van der Waals surface area contributed by atoms with Gasteiger partial charge in [-0.05, 0) is 34.7 Å². The van der Waals surface area contributed by atoms with Crippen molar-refractivity contribution in [1.82, 2.24) is 19.7 Å². The SMILES string of the molecule is CN(C(=O)c1c(C2CCC2)cnn1C)c1ncc(Br)cn1. The van der Waals surface area contributed by atoms with E-state index in [1.165, 1.54) is 11.3 Å². The molecule has 0 atom stereocenters. The van der Waals surface area contributed by atoms with Gasteiger partial charge in [0.05, 0.1) is 10.7 Å². The van der Waals surface area contributed by atoms with Crippen LogP contribution in [0.15, 0.2) is 23.1 Å². The molecule has 1 aliphatic carbocycles. The van der Waals surface area contributed by atoms with Crippen molar-refractivity contribution in [3.63, 3.8) is 0 Å². The molecular weight excluding hydrogens is 334 g/mol. The van der Waals surface area contributed by atoms with Crippen molar-refractivity contribution >= 4 is 27.8 Å². The van der Waals surface area contributed by atoms with Crippen molar-refractivity contribution in [2.24, 2.45) is 7.05 Å². The van der Waals surface area contributed by atoms with E-state index in [4.69, 9.17) is 0 Å². The molecule has 7 heteroatoms. The molecule has 0 radical (unpaired) electrons. The van der Waals surface area contributed by atoms with Gasteiger partial charge in [0.15, 0.2) is 0 Å². The third-order valence-corrected chi connectivity index (χ3v) is 4.34. The number of carbonyl (C=O) groups excluding carboxylic acids is 1. The van der Waals surface area contributed by atoms with Gasteiger partial charge in [0, 0.05) is 32.1 Å². The average molecular weight is 350 g/mol. The standard InChI is InChI=1S/C14H16BrN5O/c1-19(14-16-6-10(15)7-17-14)13(21)12-11(8-18-20(12)2)9-4-3-5-9/h6-9H,3-5H2,1-2H3. The van der Waals surface area contributed by atoms with Crippen molar-refractivity contribution in [1.29, 1.82) is 0 Å². The van der Waals surface area contributed by atoms with Crippen LogP contribution in [-0.2, 0) is 7.05 Å². The van der Waals surface area contributed by atoms with Crippen LogP contribution in [0.3, 0.4) is 0 Å². The molecular formula is C14H16BrN5O. The number of amides is 1. The van der Waals surface area contributed by atoms with E-state index >= 15 is 0 Å². The van der Waals surface area contributed by atoms with Crippen molar-refractivity contribution in [2.75, 3.05) is 11.9 Å². The van der Waals surface area contributed by atoms with Crippen LogP contribution >= 0.6 is 15.9 Å². The lowest BCUT2D eigenvalue weighted by Gasteiger charge is -2.26. The number of carbonyl (C=O) groups is 1. The summed E-state index contributed by atoms with van der Waals surface area (Å²) in [5.41, 5.74) is 1.67. The van der Waals surface area contributed by atoms with Crippen LogP contribution in [0.4, 0.5) is 5.95 Å². The summed E-state index contributed by atoms with van der Waals surface area (Å²) in [5, 5.41) is 4.25. The molecule has 0 aromatic carbocycles. The summed E-state index contributed by atoms with van der Waals surface area (Å²) in [7, 11) is 3.48. The fourth-order valence-electron chi connectivity index (χ4n) is 2.46. The molecule has 2 aromatic heterocycles. The summed E-state index contributed by atoms with van der Waals surface area (Å²) < 4.78 is 2.42. The van der Waals surface area contributed by atoms with Gasteiger partial charge in [-0.1, -0.05) is 6.42 Å². The van der Waals surface area contributed by atoms with Crippen LogP contribution in [0.5, 0.6) is 0 Å². The number of anilines is 1. The second-order valence-electron chi connectivity index (χ2n) is 5.27. The van der Waals surface area contributed by atoms with Crippen molar-refractivity contribution in [3.05, 3.63) is 34.3 Å². The quantitative estimate of drug-likeness (QED) is 0.853. The first-order chi connectivity index (χ1) is 10.1. The predicted octanol–water partition coefficient (Wildman–Crippen LogP) is 2.52. The highest BCUT2D eigenvalue weighted by Gasteiger charge is 2.29. The fourth-order valence-corrected chi connectivity index (χ4v) is 2.67. The first-order valence-electron chi connectivity index (χ1n) is 6.85. The van der Waals surface area contributed by atoms with E-state index in [0.29, 0.717) is 17.6 Å². The van der Waals surface area contributed by atoms with E-state index in [9.17, 15) is 4.79 Å². The second-order valence-corrected chi connectivity index (χ2v) is 6.18. The Labute approximate surface area is 131 Å². The van der Waals surface area contributed by atoms with E-state index in [1.54, 1.807) is 31.2 Å².